The summed E-state index contributed by atoms with van der Waals surface area (Å²) in [6.45, 7) is 0. The van der Waals surface area contributed by atoms with E-state index in [0.29, 0.717) is 5.75 Å². The second-order valence-electron chi connectivity index (χ2n) is 4.49. The Hall–Kier alpha value is -2.19. The zero-order chi connectivity index (χ0) is 13.8. The Kier molecular flexibility index (Phi) is 3.75. The highest BCUT2D eigenvalue weighted by Gasteiger charge is 2.00. The third kappa shape index (κ3) is 3.03. The lowest BCUT2D eigenvalue weighted by atomic mass is 10.1. The third-order valence-electron chi connectivity index (χ3n) is 3.03. The molecule has 1 N–H and O–H groups in total. The molecule has 0 unspecified atom stereocenters. The number of hydrogen-bond acceptors (Lipinski definition) is 2. The van der Waals surface area contributed by atoms with Crippen LogP contribution in [0.25, 0.3) is 11.1 Å². The van der Waals surface area contributed by atoms with Gasteiger partial charge in [0.25, 0.3) is 0 Å². The van der Waals surface area contributed by atoms with Gasteiger partial charge in [-0.05, 0) is 47.5 Å². The Labute approximate surface area is 122 Å². The molecule has 0 aliphatic rings. The van der Waals surface area contributed by atoms with Crippen LogP contribution in [0.15, 0.2) is 88.7 Å². The van der Waals surface area contributed by atoms with Crippen molar-refractivity contribution in [1.29, 1.82) is 0 Å². The van der Waals surface area contributed by atoms with Crippen molar-refractivity contribution in [2.24, 2.45) is 0 Å². The number of aromatic hydroxyl groups is 1. The Morgan fingerprint density at radius 3 is 1.65 bits per heavy atom. The van der Waals surface area contributed by atoms with E-state index < -0.39 is 0 Å². The smallest absolute Gasteiger partial charge is 0.115 e. The van der Waals surface area contributed by atoms with Gasteiger partial charge in [0.15, 0.2) is 0 Å². The molecule has 1 nitrogen and oxygen atoms in total. The highest BCUT2D eigenvalue weighted by Crippen LogP contribution is 2.29. The summed E-state index contributed by atoms with van der Waals surface area (Å²) in [5.41, 5.74) is 2.27. The Morgan fingerprint density at radius 2 is 1.05 bits per heavy atom. The van der Waals surface area contributed by atoms with Crippen molar-refractivity contribution in [2.45, 2.75) is 9.79 Å². The van der Waals surface area contributed by atoms with Crippen LogP contribution in [0.2, 0.25) is 0 Å². The van der Waals surface area contributed by atoms with Crippen LogP contribution in [0, 0.1) is 0 Å². The molecule has 0 radical (unpaired) electrons. The monoisotopic (exact) mass is 278 g/mol. The van der Waals surface area contributed by atoms with E-state index in [2.05, 4.69) is 36.4 Å². The molecule has 0 fully saturated rings. The van der Waals surface area contributed by atoms with Gasteiger partial charge in [-0.15, -0.1) is 0 Å². The van der Waals surface area contributed by atoms with Gasteiger partial charge < -0.3 is 5.11 Å². The Bertz CT molecular complexity index is 673. The summed E-state index contributed by atoms with van der Waals surface area (Å²) in [7, 11) is 0. The topological polar surface area (TPSA) is 20.2 Å². The van der Waals surface area contributed by atoms with E-state index in [1.54, 1.807) is 23.9 Å². The summed E-state index contributed by atoms with van der Waals surface area (Å²) in [5.74, 6) is 0.296. The average Bonchev–Trinajstić information content (AvgIpc) is 2.50. The van der Waals surface area contributed by atoms with Crippen molar-refractivity contribution in [3.05, 3.63) is 78.9 Å². The summed E-state index contributed by atoms with van der Waals surface area (Å²) >= 11 is 1.75. The summed E-state index contributed by atoms with van der Waals surface area (Å²) in [6.07, 6.45) is 0. The van der Waals surface area contributed by atoms with Crippen LogP contribution < -0.4 is 0 Å². The van der Waals surface area contributed by atoms with Crippen LogP contribution in [0.3, 0.4) is 0 Å². The minimum absolute atomic E-state index is 0.296. The molecule has 0 saturated heterocycles. The molecule has 0 heterocycles. The third-order valence-corrected chi connectivity index (χ3v) is 4.05. The molecule has 2 heteroatoms. The van der Waals surface area contributed by atoms with Gasteiger partial charge in [0, 0.05) is 9.79 Å². The van der Waals surface area contributed by atoms with Gasteiger partial charge in [-0.2, -0.15) is 0 Å². The van der Waals surface area contributed by atoms with Crippen LogP contribution in [-0.2, 0) is 0 Å². The van der Waals surface area contributed by atoms with E-state index in [9.17, 15) is 5.11 Å². The second kappa shape index (κ2) is 5.85. The van der Waals surface area contributed by atoms with E-state index in [1.165, 1.54) is 9.79 Å². The van der Waals surface area contributed by atoms with Crippen molar-refractivity contribution in [1.82, 2.24) is 0 Å². The number of phenols is 1. The molecule has 0 spiro atoms. The fraction of sp³-hybridized carbons (Fsp3) is 0. The van der Waals surface area contributed by atoms with Crippen molar-refractivity contribution in [3.8, 4) is 16.9 Å². The number of benzene rings is 3. The number of hydrogen-bond donors (Lipinski definition) is 1. The molecule has 20 heavy (non-hydrogen) atoms. The van der Waals surface area contributed by atoms with Crippen LogP contribution in [0.4, 0.5) is 0 Å². The standard InChI is InChI=1S/C18H14OS/c19-16-10-6-14(7-11-16)15-8-12-18(13-9-15)20-17-4-2-1-3-5-17/h1-13,19H. The zero-order valence-corrected chi connectivity index (χ0v) is 11.7. The normalized spacial score (nSPS) is 10.4. The van der Waals surface area contributed by atoms with Crippen LogP contribution in [0.5, 0.6) is 5.75 Å². The number of rotatable bonds is 3. The molecule has 98 valence electrons. The molecular weight excluding hydrogens is 264 g/mol. The van der Waals surface area contributed by atoms with Gasteiger partial charge >= 0.3 is 0 Å². The van der Waals surface area contributed by atoms with Gasteiger partial charge in [0.05, 0.1) is 0 Å². The molecule has 3 rings (SSSR count). The average molecular weight is 278 g/mol. The summed E-state index contributed by atoms with van der Waals surface area (Å²) in [5, 5.41) is 9.31. The lowest BCUT2D eigenvalue weighted by Crippen LogP contribution is -1.78. The predicted molar refractivity (Wildman–Crippen MR) is 84.1 cm³/mol. The molecule has 0 saturated carbocycles. The molecule has 0 aliphatic heterocycles. The van der Waals surface area contributed by atoms with Gasteiger partial charge in [0.2, 0.25) is 0 Å². The first kappa shape index (κ1) is 12.8. The van der Waals surface area contributed by atoms with Gasteiger partial charge in [-0.3, -0.25) is 0 Å². The quantitative estimate of drug-likeness (QED) is 0.709. The van der Waals surface area contributed by atoms with Crippen molar-refractivity contribution < 1.29 is 5.11 Å². The molecule has 0 aliphatic carbocycles. The highest BCUT2D eigenvalue weighted by atomic mass is 32.2. The zero-order valence-electron chi connectivity index (χ0n) is 10.9. The van der Waals surface area contributed by atoms with E-state index >= 15 is 0 Å². The maximum absolute atomic E-state index is 9.31. The predicted octanol–water partition coefficient (Wildman–Crippen LogP) is 5.21. The van der Waals surface area contributed by atoms with Crippen molar-refractivity contribution >= 4 is 11.8 Å². The molecule has 0 atom stereocenters. The Balaban J connectivity index is 1.79. The first-order chi connectivity index (χ1) is 9.81. The van der Waals surface area contributed by atoms with E-state index in [-0.39, 0.29) is 0 Å². The fourth-order valence-electron chi connectivity index (χ4n) is 1.99. The minimum Gasteiger partial charge on any atom is -0.508 e. The first-order valence-corrected chi connectivity index (χ1v) is 7.25. The maximum Gasteiger partial charge on any atom is 0.115 e. The molecule has 0 bridgehead atoms. The van der Waals surface area contributed by atoms with Crippen molar-refractivity contribution in [3.63, 3.8) is 0 Å². The van der Waals surface area contributed by atoms with Crippen LogP contribution in [-0.4, -0.2) is 5.11 Å². The SMILES string of the molecule is Oc1ccc(-c2ccc(Sc3ccccc3)cc2)cc1. The lowest BCUT2D eigenvalue weighted by Gasteiger charge is -2.05. The van der Waals surface area contributed by atoms with E-state index in [1.807, 2.05) is 30.3 Å². The van der Waals surface area contributed by atoms with E-state index in [4.69, 9.17) is 0 Å². The summed E-state index contributed by atoms with van der Waals surface area (Å²) in [6, 6.07) is 26.1. The van der Waals surface area contributed by atoms with Crippen molar-refractivity contribution in [2.75, 3.05) is 0 Å². The fourth-order valence-corrected chi connectivity index (χ4v) is 2.83. The molecule has 3 aromatic rings. The van der Waals surface area contributed by atoms with Crippen LogP contribution >= 0.6 is 11.8 Å². The second-order valence-corrected chi connectivity index (χ2v) is 5.63. The Morgan fingerprint density at radius 1 is 0.550 bits per heavy atom. The summed E-state index contributed by atoms with van der Waals surface area (Å²) < 4.78 is 0. The lowest BCUT2D eigenvalue weighted by molar-refractivity contribution is 0.475. The van der Waals surface area contributed by atoms with Gasteiger partial charge in [0.1, 0.15) is 5.75 Å². The molecular formula is C18H14OS. The summed E-state index contributed by atoms with van der Waals surface area (Å²) in [4.78, 5) is 2.46. The maximum atomic E-state index is 9.31. The van der Waals surface area contributed by atoms with Gasteiger partial charge in [-0.25, -0.2) is 0 Å². The molecule has 0 aromatic heterocycles. The molecule has 0 amide bonds. The molecule has 3 aromatic carbocycles. The largest absolute Gasteiger partial charge is 0.508 e. The first-order valence-electron chi connectivity index (χ1n) is 6.44. The number of phenolic OH excluding ortho intramolecular Hbond substituents is 1. The van der Waals surface area contributed by atoms with E-state index in [0.717, 1.165) is 11.1 Å². The minimum atomic E-state index is 0.296. The van der Waals surface area contributed by atoms with Crippen LogP contribution in [0.1, 0.15) is 0 Å². The highest BCUT2D eigenvalue weighted by molar-refractivity contribution is 7.99. The van der Waals surface area contributed by atoms with Gasteiger partial charge in [-0.1, -0.05) is 54.2 Å².